The number of hydrogen-bond acceptors (Lipinski definition) is 2. The van der Waals surface area contributed by atoms with Crippen LogP contribution in [0.3, 0.4) is 0 Å². The van der Waals surface area contributed by atoms with Crippen molar-refractivity contribution in [3.63, 3.8) is 0 Å². The standard InChI is InChI=1S/C12H15NS/c1-9-4-2-6-12-11(9)8-10(14-12)5-3-7-13/h2,4,6,8H,3,5,7,13H2,1H3. The molecule has 0 aliphatic heterocycles. The lowest BCUT2D eigenvalue weighted by molar-refractivity contribution is 0.843. The van der Waals surface area contributed by atoms with Gasteiger partial charge in [0.05, 0.1) is 0 Å². The van der Waals surface area contributed by atoms with Crippen LogP contribution in [-0.2, 0) is 6.42 Å². The fraction of sp³-hybridized carbons (Fsp3) is 0.333. The summed E-state index contributed by atoms with van der Waals surface area (Å²) in [6.07, 6.45) is 2.21. The molecule has 1 aromatic heterocycles. The van der Waals surface area contributed by atoms with Gasteiger partial charge >= 0.3 is 0 Å². The third-order valence-corrected chi connectivity index (χ3v) is 3.62. The normalized spacial score (nSPS) is 11.0. The first-order valence-electron chi connectivity index (χ1n) is 4.99. The summed E-state index contributed by atoms with van der Waals surface area (Å²) in [6.45, 7) is 2.95. The topological polar surface area (TPSA) is 26.0 Å². The molecular formula is C12H15NS. The fourth-order valence-corrected chi connectivity index (χ4v) is 2.84. The molecule has 2 N–H and O–H groups in total. The van der Waals surface area contributed by atoms with E-state index in [1.54, 1.807) is 0 Å². The zero-order chi connectivity index (χ0) is 9.97. The predicted molar refractivity (Wildman–Crippen MR) is 63.9 cm³/mol. The molecule has 0 spiro atoms. The van der Waals surface area contributed by atoms with Gasteiger partial charge in [-0.1, -0.05) is 12.1 Å². The van der Waals surface area contributed by atoms with E-state index in [2.05, 4.69) is 31.2 Å². The molecule has 1 heterocycles. The van der Waals surface area contributed by atoms with E-state index >= 15 is 0 Å². The number of rotatable bonds is 3. The second-order valence-electron chi connectivity index (χ2n) is 3.59. The van der Waals surface area contributed by atoms with Crippen molar-refractivity contribution in [1.82, 2.24) is 0 Å². The average Bonchev–Trinajstić information content (AvgIpc) is 2.59. The van der Waals surface area contributed by atoms with Crippen molar-refractivity contribution in [2.24, 2.45) is 5.73 Å². The van der Waals surface area contributed by atoms with Crippen molar-refractivity contribution in [2.75, 3.05) is 6.54 Å². The highest BCUT2D eigenvalue weighted by Crippen LogP contribution is 2.28. The monoisotopic (exact) mass is 205 g/mol. The molecule has 0 bridgehead atoms. The maximum absolute atomic E-state index is 5.51. The fourth-order valence-electron chi connectivity index (χ4n) is 1.66. The molecular weight excluding hydrogens is 190 g/mol. The maximum Gasteiger partial charge on any atom is 0.0348 e. The summed E-state index contributed by atoms with van der Waals surface area (Å²) in [4.78, 5) is 1.46. The third-order valence-electron chi connectivity index (χ3n) is 2.46. The lowest BCUT2D eigenvalue weighted by atomic mass is 10.1. The molecule has 0 atom stereocenters. The van der Waals surface area contributed by atoms with Gasteiger partial charge in [-0.2, -0.15) is 0 Å². The Balaban J connectivity index is 2.36. The van der Waals surface area contributed by atoms with E-state index in [1.165, 1.54) is 20.5 Å². The van der Waals surface area contributed by atoms with E-state index in [0.717, 1.165) is 19.4 Å². The van der Waals surface area contributed by atoms with Crippen molar-refractivity contribution in [2.45, 2.75) is 19.8 Å². The van der Waals surface area contributed by atoms with Crippen LogP contribution in [0, 0.1) is 6.92 Å². The van der Waals surface area contributed by atoms with Crippen molar-refractivity contribution in [3.05, 3.63) is 34.7 Å². The Morgan fingerprint density at radius 1 is 1.36 bits per heavy atom. The van der Waals surface area contributed by atoms with Crippen LogP contribution in [0.2, 0.25) is 0 Å². The summed E-state index contributed by atoms with van der Waals surface area (Å²) in [6, 6.07) is 8.80. The summed E-state index contributed by atoms with van der Waals surface area (Å²) in [7, 11) is 0. The molecule has 2 aromatic rings. The Kier molecular flexibility index (Phi) is 2.85. The number of nitrogens with two attached hydrogens (primary N) is 1. The summed E-state index contributed by atoms with van der Waals surface area (Å²) in [5.74, 6) is 0. The van der Waals surface area contributed by atoms with E-state index in [1.807, 2.05) is 11.3 Å². The van der Waals surface area contributed by atoms with Crippen LogP contribution in [0.25, 0.3) is 10.1 Å². The minimum Gasteiger partial charge on any atom is -0.330 e. The van der Waals surface area contributed by atoms with Gasteiger partial charge in [-0.15, -0.1) is 11.3 Å². The lowest BCUT2D eigenvalue weighted by Crippen LogP contribution is -1.99. The van der Waals surface area contributed by atoms with Gasteiger partial charge in [-0.25, -0.2) is 0 Å². The van der Waals surface area contributed by atoms with Gasteiger partial charge in [-0.3, -0.25) is 0 Å². The zero-order valence-electron chi connectivity index (χ0n) is 8.42. The Labute approximate surface area is 88.6 Å². The van der Waals surface area contributed by atoms with E-state index < -0.39 is 0 Å². The molecule has 0 unspecified atom stereocenters. The molecule has 2 rings (SSSR count). The molecule has 0 fully saturated rings. The second-order valence-corrected chi connectivity index (χ2v) is 4.76. The van der Waals surface area contributed by atoms with Gasteiger partial charge in [0.2, 0.25) is 0 Å². The summed E-state index contributed by atoms with van der Waals surface area (Å²) >= 11 is 1.90. The van der Waals surface area contributed by atoms with Crippen molar-refractivity contribution in [1.29, 1.82) is 0 Å². The number of benzene rings is 1. The molecule has 0 radical (unpaired) electrons. The number of aryl methyl sites for hydroxylation is 2. The lowest BCUT2D eigenvalue weighted by Gasteiger charge is -1.92. The molecule has 0 amide bonds. The highest BCUT2D eigenvalue weighted by atomic mass is 32.1. The van der Waals surface area contributed by atoms with Crippen LogP contribution in [0.15, 0.2) is 24.3 Å². The molecule has 14 heavy (non-hydrogen) atoms. The van der Waals surface area contributed by atoms with E-state index in [-0.39, 0.29) is 0 Å². The first-order chi connectivity index (χ1) is 6.81. The van der Waals surface area contributed by atoms with Crippen molar-refractivity contribution < 1.29 is 0 Å². The first-order valence-corrected chi connectivity index (χ1v) is 5.81. The maximum atomic E-state index is 5.51. The Bertz CT molecular complexity index is 431. The average molecular weight is 205 g/mol. The van der Waals surface area contributed by atoms with Gasteiger partial charge in [-0.05, 0) is 49.4 Å². The molecule has 0 saturated heterocycles. The predicted octanol–water partition coefficient (Wildman–Crippen LogP) is 3.10. The minimum absolute atomic E-state index is 0.785. The highest BCUT2D eigenvalue weighted by molar-refractivity contribution is 7.19. The summed E-state index contributed by atoms with van der Waals surface area (Å²) in [5.41, 5.74) is 6.88. The van der Waals surface area contributed by atoms with Crippen LogP contribution in [0.5, 0.6) is 0 Å². The quantitative estimate of drug-likeness (QED) is 0.818. The highest BCUT2D eigenvalue weighted by Gasteiger charge is 2.02. The Morgan fingerprint density at radius 3 is 2.93 bits per heavy atom. The number of hydrogen-bond donors (Lipinski definition) is 1. The van der Waals surface area contributed by atoms with Gasteiger partial charge in [0.1, 0.15) is 0 Å². The van der Waals surface area contributed by atoms with E-state index in [4.69, 9.17) is 5.73 Å². The smallest absolute Gasteiger partial charge is 0.0348 e. The SMILES string of the molecule is Cc1cccc2sc(CCCN)cc12. The number of thiophene rings is 1. The van der Waals surface area contributed by atoms with Crippen LogP contribution in [-0.4, -0.2) is 6.54 Å². The molecule has 2 heteroatoms. The Hall–Kier alpha value is -0.860. The van der Waals surface area contributed by atoms with Gasteiger partial charge in [0.25, 0.3) is 0 Å². The van der Waals surface area contributed by atoms with Gasteiger partial charge in [0.15, 0.2) is 0 Å². The Morgan fingerprint density at radius 2 is 2.21 bits per heavy atom. The largest absolute Gasteiger partial charge is 0.330 e. The van der Waals surface area contributed by atoms with Crippen molar-refractivity contribution in [3.8, 4) is 0 Å². The van der Waals surface area contributed by atoms with Crippen LogP contribution >= 0.6 is 11.3 Å². The van der Waals surface area contributed by atoms with Crippen molar-refractivity contribution >= 4 is 21.4 Å². The first kappa shape index (κ1) is 9.69. The molecule has 0 saturated carbocycles. The molecule has 1 aromatic carbocycles. The molecule has 1 nitrogen and oxygen atoms in total. The van der Waals surface area contributed by atoms with Gasteiger partial charge in [0, 0.05) is 9.58 Å². The number of fused-ring (bicyclic) bond motifs is 1. The minimum atomic E-state index is 0.785. The molecule has 0 aliphatic rings. The zero-order valence-corrected chi connectivity index (χ0v) is 9.23. The summed E-state index contributed by atoms with van der Waals surface area (Å²) in [5, 5.41) is 1.41. The van der Waals surface area contributed by atoms with Crippen LogP contribution < -0.4 is 5.73 Å². The molecule has 0 aliphatic carbocycles. The van der Waals surface area contributed by atoms with E-state index in [9.17, 15) is 0 Å². The van der Waals surface area contributed by atoms with Crippen LogP contribution in [0.1, 0.15) is 16.9 Å². The van der Waals surface area contributed by atoms with Gasteiger partial charge < -0.3 is 5.73 Å². The summed E-state index contributed by atoms with van der Waals surface area (Å²) < 4.78 is 1.40. The van der Waals surface area contributed by atoms with Crippen LogP contribution in [0.4, 0.5) is 0 Å². The third kappa shape index (κ3) is 1.81. The molecule has 74 valence electrons. The second kappa shape index (κ2) is 4.11. The van der Waals surface area contributed by atoms with E-state index in [0.29, 0.717) is 0 Å².